The van der Waals surface area contributed by atoms with Gasteiger partial charge in [0, 0.05) is 65.4 Å². The van der Waals surface area contributed by atoms with Crippen molar-refractivity contribution in [3.63, 3.8) is 0 Å². The zero-order valence-corrected chi connectivity index (χ0v) is 13.1. The van der Waals surface area contributed by atoms with Crippen molar-refractivity contribution < 1.29 is 14.3 Å². The van der Waals surface area contributed by atoms with Gasteiger partial charge in [-0.2, -0.15) is 0 Å². The van der Waals surface area contributed by atoms with Gasteiger partial charge in [0.05, 0.1) is 13.2 Å². The molecule has 22 heavy (non-hydrogen) atoms. The molecule has 2 fully saturated rings. The monoisotopic (exact) mass is 313 g/mol. The Labute approximate surface area is 131 Å². The van der Waals surface area contributed by atoms with Crippen molar-refractivity contribution in [3.8, 4) is 0 Å². The third kappa shape index (κ3) is 5.20. The molecule has 0 radical (unpaired) electrons. The summed E-state index contributed by atoms with van der Waals surface area (Å²) in [4.78, 5) is 30.0. The number of nitrogens with one attached hydrogen (secondary N) is 1. The molecule has 126 valence electrons. The van der Waals surface area contributed by atoms with Gasteiger partial charge >= 0.3 is 11.8 Å². The molecule has 0 aromatic carbocycles. The van der Waals surface area contributed by atoms with E-state index in [9.17, 15) is 9.59 Å². The minimum absolute atomic E-state index is 0.422. The van der Waals surface area contributed by atoms with Gasteiger partial charge in [-0.3, -0.25) is 19.4 Å². The van der Waals surface area contributed by atoms with Crippen LogP contribution in [0.4, 0.5) is 0 Å². The fraction of sp³-hybridized carbons (Fsp3) is 0.857. The third-order valence-corrected chi connectivity index (χ3v) is 4.12. The highest BCUT2D eigenvalue weighted by atomic mass is 16.5. The molecule has 0 bridgehead atoms. The minimum atomic E-state index is -0.500. The van der Waals surface area contributed by atoms with Crippen LogP contribution in [0.3, 0.4) is 0 Å². The summed E-state index contributed by atoms with van der Waals surface area (Å²) in [5, 5.41) is 2.72. The standard InChI is InChI=1S/C14H27N5O3/c15-1-3-17-5-7-19(8-6-17)14(21)13(20)16-2-4-18-9-11-22-12-10-18/h1-12,15H2,(H,16,20). The number of carbonyl (C=O) groups excluding carboxylic acids is 2. The summed E-state index contributed by atoms with van der Waals surface area (Å²) in [6.45, 7) is 8.70. The molecular weight excluding hydrogens is 286 g/mol. The molecule has 0 saturated carbocycles. The first-order valence-electron chi connectivity index (χ1n) is 8.00. The Balaban J connectivity index is 1.63. The van der Waals surface area contributed by atoms with E-state index in [1.807, 2.05) is 0 Å². The van der Waals surface area contributed by atoms with E-state index in [0.29, 0.717) is 26.2 Å². The average Bonchev–Trinajstić information content (AvgIpc) is 2.56. The number of carbonyl (C=O) groups is 2. The maximum atomic E-state index is 12.1. The van der Waals surface area contributed by atoms with Crippen LogP contribution in [-0.4, -0.2) is 105 Å². The van der Waals surface area contributed by atoms with Crippen LogP contribution >= 0.6 is 0 Å². The number of amides is 2. The summed E-state index contributed by atoms with van der Waals surface area (Å²) >= 11 is 0. The Morgan fingerprint density at radius 1 is 0.955 bits per heavy atom. The highest BCUT2D eigenvalue weighted by Crippen LogP contribution is 2.01. The van der Waals surface area contributed by atoms with Crippen LogP contribution in [0.2, 0.25) is 0 Å². The van der Waals surface area contributed by atoms with Crippen molar-refractivity contribution in [1.29, 1.82) is 0 Å². The molecule has 2 saturated heterocycles. The lowest BCUT2D eigenvalue weighted by Crippen LogP contribution is -2.53. The predicted molar refractivity (Wildman–Crippen MR) is 82.3 cm³/mol. The molecule has 3 N–H and O–H groups in total. The van der Waals surface area contributed by atoms with Crippen LogP contribution < -0.4 is 11.1 Å². The zero-order chi connectivity index (χ0) is 15.8. The van der Waals surface area contributed by atoms with Crippen molar-refractivity contribution in [2.45, 2.75) is 0 Å². The number of rotatable bonds is 5. The molecule has 8 heteroatoms. The van der Waals surface area contributed by atoms with Gasteiger partial charge in [0.1, 0.15) is 0 Å². The Hall–Kier alpha value is -1.22. The number of hydrogen-bond acceptors (Lipinski definition) is 6. The maximum absolute atomic E-state index is 12.1. The average molecular weight is 313 g/mol. The SMILES string of the molecule is NCCN1CCN(C(=O)C(=O)NCCN2CCOCC2)CC1. The number of nitrogens with zero attached hydrogens (tertiary/aromatic N) is 3. The summed E-state index contributed by atoms with van der Waals surface area (Å²) in [5.41, 5.74) is 5.52. The molecule has 8 nitrogen and oxygen atoms in total. The second-order valence-electron chi connectivity index (χ2n) is 5.63. The summed E-state index contributed by atoms with van der Waals surface area (Å²) < 4.78 is 5.27. The number of nitrogens with two attached hydrogens (primary N) is 1. The van der Waals surface area contributed by atoms with Crippen molar-refractivity contribution in [1.82, 2.24) is 20.0 Å². The van der Waals surface area contributed by atoms with E-state index >= 15 is 0 Å². The normalized spacial score (nSPS) is 20.9. The fourth-order valence-electron chi connectivity index (χ4n) is 2.73. The molecule has 2 aliphatic rings. The van der Waals surface area contributed by atoms with Crippen LogP contribution in [0.1, 0.15) is 0 Å². The van der Waals surface area contributed by atoms with Crippen LogP contribution in [0.5, 0.6) is 0 Å². The van der Waals surface area contributed by atoms with E-state index in [4.69, 9.17) is 10.5 Å². The zero-order valence-electron chi connectivity index (χ0n) is 13.1. The van der Waals surface area contributed by atoms with E-state index in [2.05, 4.69) is 15.1 Å². The number of piperazine rings is 1. The van der Waals surface area contributed by atoms with Crippen molar-refractivity contribution >= 4 is 11.8 Å². The maximum Gasteiger partial charge on any atom is 0.311 e. The van der Waals surface area contributed by atoms with E-state index in [1.54, 1.807) is 4.90 Å². The van der Waals surface area contributed by atoms with E-state index < -0.39 is 11.8 Å². The number of ether oxygens (including phenoxy) is 1. The summed E-state index contributed by atoms with van der Waals surface area (Å²) in [5.74, 6) is -0.921. The number of morpholine rings is 1. The second kappa shape index (κ2) is 9.04. The first kappa shape index (κ1) is 17.1. The Morgan fingerprint density at radius 2 is 1.59 bits per heavy atom. The van der Waals surface area contributed by atoms with Crippen LogP contribution in [0.15, 0.2) is 0 Å². The first-order valence-corrected chi connectivity index (χ1v) is 8.00. The molecule has 0 spiro atoms. The smallest absolute Gasteiger partial charge is 0.311 e. The van der Waals surface area contributed by atoms with Gasteiger partial charge in [-0.1, -0.05) is 0 Å². The molecule has 0 unspecified atom stereocenters. The lowest BCUT2D eigenvalue weighted by molar-refractivity contribution is -0.147. The van der Waals surface area contributed by atoms with Gasteiger partial charge in [-0.25, -0.2) is 0 Å². The molecule has 2 amide bonds. The third-order valence-electron chi connectivity index (χ3n) is 4.12. The fourth-order valence-corrected chi connectivity index (χ4v) is 2.73. The predicted octanol–water partition coefficient (Wildman–Crippen LogP) is -2.46. The van der Waals surface area contributed by atoms with E-state index in [0.717, 1.165) is 52.5 Å². The van der Waals surface area contributed by atoms with Crippen molar-refractivity contribution in [2.75, 3.05) is 78.7 Å². The van der Waals surface area contributed by atoms with Crippen molar-refractivity contribution in [2.24, 2.45) is 5.73 Å². The van der Waals surface area contributed by atoms with Gasteiger partial charge in [0.15, 0.2) is 0 Å². The molecule has 2 heterocycles. The van der Waals surface area contributed by atoms with Crippen LogP contribution in [-0.2, 0) is 14.3 Å². The van der Waals surface area contributed by atoms with Gasteiger partial charge in [-0.15, -0.1) is 0 Å². The van der Waals surface area contributed by atoms with Crippen LogP contribution in [0.25, 0.3) is 0 Å². The lowest BCUT2D eigenvalue weighted by Gasteiger charge is -2.34. The molecule has 0 atom stereocenters. The molecule has 0 aromatic heterocycles. The summed E-state index contributed by atoms with van der Waals surface area (Å²) in [6.07, 6.45) is 0. The van der Waals surface area contributed by atoms with Gasteiger partial charge in [0.25, 0.3) is 0 Å². The molecule has 2 rings (SSSR count). The first-order chi connectivity index (χ1) is 10.7. The van der Waals surface area contributed by atoms with E-state index in [1.165, 1.54) is 0 Å². The van der Waals surface area contributed by atoms with Gasteiger partial charge < -0.3 is 20.7 Å². The Morgan fingerprint density at radius 3 is 2.23 bits per heavy atom. The van der Waals surface area contributed by atoms with Crippen LogP contribution in [0, 0.1) is 0 Å². The molecule has 0 aliphatic carbocycles. The highest BCUT2D eigenvalue weighted by molar-refractivity contribution is 6.35. The van der Waals surface area contributed by atoms with Crippen molar-refractivity contribution in [3.05, 3.63) is 0 Å². The second-order valence-corrected chi connectivity index (χ2v) is 5.63. The molecular formula is C14H27N5O3. The topological polar surface area (TPSA) is 91.1 Å². The largest absolute Gasteiger partial charge is 0.379 e. The van der Waals surface area contributed by atoms with E-state index in [-0.39, 0.29) is 0 Å². The Bertz CT molecular complexity index is 365. The van der Waals surface area contributed by atoms with Gasteiger partial charge in [-0.05, 0) is 0 Å². The summed E-state index contributed by atoms with van der Waals surface area (Å²) in [6, 6.07) is 0. The molecule has 2 aliphatic heterocycles. The minimum Gasteiger partial charge on any atom is -0.379 e. The van der Waals surface area contributed by atoms with Gasteiger partial charge in [0.2, 0.25) is 0 Å². The number of hydrogen-bond donors (Lipinski definition) is 2. The summed E-state index contributed by atoms with van der Waals surface area (Å²) in [7, 11) is 0. The highest BCUT2D eigenvalue weighted by Gasteiger charge is 2.25. The lowest BCUT2D eigenvalue weighted by atomic mass is 10.3. The quantitative estimate of drug-likeness (QED) is 0.547. The Kier molecular flexibility index (Phi) is 7.04. The molecule has 0 aromatic rings.